The van der Waals surface area contributed by atoms with E-state index >= 15 is 0 Å². The molecule has 0 aliphatic rings. The third-order valence-corrected chi connectivity index (χ3v) is 4.41. The number of carbonyl (C=O) groups is 2. The lowest BCUT2D eigenvalue weighted by Crippen LogP contribution is -2.11. The van der Waals surface area contributed by atoms with Crippen LogP contribution in [0.2, 0.25) is 0 Å². The first kappa shape index (κ1) is 16.9. The zero-order valence-electron chi connectivity index (χ0n) is 13.0. The van der Waals surface area contributed by atoms with Crippen molar-refractivity contribution >= 4 is 34.3 Å². The third kappa shape index (κ3) is 4.04. The van der Waals surface area contributed by atoms with Crippen LogP contribution in [0.5, 0.6) is 0 Å². The molecular weight excluding hydrogens is 317 g/mol. The van der Waals surface area contributed by atoms with Crippen molar-refractivity contribution in [3.05, 3.63) is 57.7 Å². The Morgan fingerprint density at radius 1 is 1.30 bits per heavy atom. The van der Waals surface area contributed by atoms with E-state index in [4.69, 9.17) is 4.74 Å². The summed E-state index contributed by atoms with van der Waals surface area (Å²) in [6, 6.07) is 5.90. The van der Waals surface area contributed by atoms with Crippen molar-refractivity contribution in [3.63, 3.8) is 0 Å². The maximum Gasteiger partial charge on any atom is 0.341 e. The monoisotopic (exact) mass is 333 g/mol. The molecule has 2 aromatic rings. The summed E-state index contributed by atoms with van der Waals surface area (Å²) in [6.07, 6.45) is 2.80. The molecule has 4 nitrogen and oxygen atoms in total. The van der Waals surface area contributed by atoms with Gasteiger partial charge in [-0.3, -0.25) is 4.79 Å². The van der Waals surface area contributed by atoms with Gasteiger partial charge in [-0.2, -0.15) is 0 Å². The molecule has 0 radical (unpaired) electrons. The maximum atomic E-state index is 13.1. The number of hydrogen-bond donors (Lipinski definition) is 1. The minimum atomic E-state index is -0.490. The molecule has 0 aliphatic carbocycles. The van der Waals surface area contributed by atoms with Gasteiger partial charge in [0.05, 0.1) is 12.7 Å². The second-order valence-electron chi connectivity index (χ2n) is 4.86. The number of aryl methyl sites for hydroxylation is 1. The molecule has 6 heteroatoms. The molecule has 0 bridgehead atoms. The van der Waals surface area contributed by atoms with Crippen LogP contribution in [-0.2, 0) is 9.53 Å². The summed E-state index contributed by atoms with van der Waals surface area (Å²) in [5, 5.41) is 3.12. The Bertz CT molecular complexity index is 780. The number of rotatable bonds is 4. The molecule has 1 aromatic heterocycles. The summed E-state index contributed by atoms with van der Waals surface area (Å²) in [6.45, 7) is 3.67. The molecule has 23 heavy (non-hydrogen) atoms. The molecule has 0 saturated heterocycles. The maximum absolute atomic E-state index is 13.1. The Morgan fingerprint density at radius 2 is 2.04 bits per heavy atom. The summed E-state index contributed by atoms with van der Waals surface area (Å²) in [4.78, 5) is 24.8. The number of benzene rings is 1. The average Bonchev–Trinajstić information content (AvgIpc) is 2.79. The topological polar surface area (TPSA) is 55.4 Å². The van der Waals surface area contributed by atoms with Crippen LogP contribution in [-0.4, -0.2) is 19.0 Å². The van der Waals surface area contributed by atoms with Crippen LogP contribution in [0.15, 0.2) is 30.3 Å². The number of carbonyl (C=O) groups excluding carboxylic acids is 2. The molecule has 1 amide bonds. The average molecular weight is 333 g/mol. The van der Waals surface area contributed by atoms with Crippen LogP contribution in [0.25, 0.3) is 6.08 Å². The Kier molecular flexibility index (Phi) is 5.28. The molecule has 0 atom stereocenters. The first-order chi connectivity index (χ1) is 10.9. The Morgan fingerprint density at radius 3 is 2.70 bits per heavy atom. The lowest BCUT2D eigenvalue weighted by molar-refractivity contribution is -0.111. The van der Waals surface area contributed by atoms with Crippen molar-refractivity contribution in [3.8, 4) is 0 Å². The number of thiophene rings is 1. The van der Waals surface area contributed by atoms with Crippen molar-refractivity contribution in [1.82, 2.24) is 0 Å². The lowest BCUT2D eigenvalue weighted by Gasteiger charge is -2.04. The van der Waals surface area contributed by atoms with Gasteiger partial charge in [-0.15, -0.1) is 11.3 Å². The van der Waals surface area contributed by atoms with Crippen molar-refractivity contribution in [1.29, 1.82) is 0 Å². The minimum absolute atomic E-state index is 0.363. The van der Waals surface area contributed by atoms with Gasteiger partial charge < -0.3 is 10.1 Å². The van der Waals surface area contributed by atoms with Gasteiger partial charge in [0.25, 0.3) is 0 Å². The van der Waals surface area contributed by atoms with E-state index in [0.29, 0.717) is 16.1 Å². The van der Waals surface area contributed by atoms with E-state index < -0.39 is 11.9 Å². The third-order valence-electron chi connectivity index (χ3n) is 3.29. The fourth-order valence-corrected chi connectivity index (χ4v) is 3.05. The van der Waals surface area contributed by atoms with Crippen molar-refractivity contribution in [2.75, 3.05) is 12.4 Å². The summed E-state index contributed by atoms with van der Waals surface area (Å²) in [7, 11) is 1.30. The van der Waals surface area contributed by atoms with Crippen LogP contribution in [0.3, 0.4) is 0 Å². The molecule has 1 aromatic carbocycles. The summed E-state index contributed by atoms with van der Waals surface area (Å²) in [5.41, 5.74) is 1.72. The predicted molar refractivity (Wildman–Crippen MR) is 89.2 cm³/mol. The first-order valence-electron chi connectivity index (χ1n) is 6.85. The Labute approximate surface area is 137 Å². The van der Waals surface area contributed by atoms with Crippen LogP contribution >= 0.6 is 11.3 Å². The molecule has 0 fully saturated rings. The van der Waals surface area contributed by atoms with Gasteiger partial charge >= 0.3 is 5.97 Å². The normalized spacial score (nSPS) is 10.8. The highest BCUT2D eigenvalue weighted by molar-refractivity contribution is 7.16. The molecule has 0 aliphatic heterocycles. The smallest absolute Gasteiger partial charge is 0.341 e. The van der Waals surface area contributed by atoms with Crippen LogP contribution < -0.4 is 5.32 Å². The number of hydrogen-bond acceptors (Lipinski definition) is 4. The van der Waals surface area contributed by atoms with E-state index in [0.717, 1.165) is 10.4 Å². The quantitative estimate of drug-likeness (QED) is 0.681. The molecule has 120 valence electrons. The Balaban J connectivity index is 2.18. The number of nitrogens with one attached hydrogen (secondary N) is 1. The van der Waals surface area contributed by atoms with E-state index in [1.807, 2.05) is 6.92 Å². The van der Waals surface area contributed by atoms with Gasteiger partial charge in [0.1, 0.15) is 10.8 Å². The predicted octanol–water partition coefficient (Wildman–Crippen LogP) is 3.94. The highest BCUT2D eigenvalue weighted by Gasteiger charge is 2.20. The number of halogens is 1. The standard InChI is InChI=1S/C17H16FNO3S/c1-10-11(2)23-16(15(10)17(21)22-3)19-14(20)8-7-12-5-4-6-13(18)9-12/h4-9H,1-3H3,(H,19,20)/b8-7+. The largest absolute Gasteiger partial charge is 0.465 e. The molecule has 0 saturated carbocycles. The van der Waals surface area contributed by atoms with E-state index in [9.17, 15) is 14.0 Å². The van der Waals surface area contributed by atoms with Crippen molar-refractivity contribution < 1.29 is 18.7 Å². The molecule has 0 spiro atoms. The zero-order valence-corrected chi connectivity index (χ0v) is 13.8. The minimum Gasteiger partial charge on any atom is -0.465 e. The zero-order chi connectivity index (χ0) is 17.0. The summed E-state index contributed by atoms with van der Waals surface area (Å²) in [5.74, 6) is -1.26. The second kappa shape index (κ2) is 7.19. The number of esters is 1. The fraction of sp³-hybridized carbons (Fsp3) is 0.176. The SMILES string of the molecule is COC(=O)c1c(NC(=O)/C=C/c2cccc(F)c2)sc(C)c1C. The van der Waals surface area contributed by atoms with Gasteiger partial charge in [0, 0.05) is 11.0 Å². The van der Waals surface area contributed by atoms with E-state index in [1.165, 1.54) is 42.7 Å². The summed E-state index contributed by atoms with van der Waals surface area (Å²) >= 11 is 1.31. The van der Waals surface area contributed by atoms with E-state index in [2.05, 4.69) is 5.32 Å². The van der Waals surface area contributed by atoms with Gasteiger partial charge in [-0.05, 0) is 43.2 Å². The molecule has 1 heterocycles. The number of anilines is 1. The first-order valence-corrected chi connectivity index (χ1v) is 7.67. The number of methoxy groups -OCH3 is 1. The molecule has 2 rings (SSSR count). The van der Waals surface area contributed by atoms with E-state index in [1.54, 1.807) is 19.1 Å². The number of amides is 1. The van der Waals surface area contributed by atoms with Crippen LogP contribution in [0.1, 0.15) is 26.4 Å². The van der Waals surface area contributed by atoms with Crippen LogP contribution in [0.4, 0.5) is 9.39 Å². The second-order valence-corrected chi connectivity index (χ2v) is 6.08. The van der Waals surface area contributed by atoms with Gasteiger partial charge in [-0.25, -0.2) is 9.18 Å². The van der Waals surface area contributed by atoms with Gasteiger partial charge in [-0.1, -0.05) is 12.1 Å². The highest BCUT2D eigenvalue weighted by atomic mass is 32.1. The number of ether oxygens (including phenoxy) is 1. The lowest BCUT2D eigenvalue weighted by atomic mass is 10.1. The molecule has 1 N–H and O–H groups in total. The Hall–Kier alpha value is -2.47. The highest BCUT2D eigenvalue weighted by Crippen LogP contribution is 2.32. The van der Waals surface area contributed by atoms with Gasteiger partial charge in [0.15, 0.2) is 0 Å². The molecular formula is C17H16FNO3S. The van der Waals surface area contributed by atoms with Crippen LogP contribution in [0, 0.1) is 19.7 Å². The van der Waals surface area contributed by atoms with Gasteiger partial charge in [0.2, 0.25) is 5.91 Å². The van der Waals surface area contributed by atoms with Crippen molar-refractivity contribution in [2.45, 2.75) is 13.8 Å². The summed E-state index contributed by atoms with van der Waals surface area (Å²) < 4.78 is 17.8. The van der Waals surface area contributed by atoms with Crippen molar-refractivity contribution in [2.24, 2.45) is 0 Å². The van der Waals surface area contributed by atoms with E-state index in [-0.39, 0.29) is 5.82 Å². The fourth-order valence-electron chi connectivity index (χ4n) is 2.00. The molecule has 0 unspecified atom stereocenters.